The molecule has 0 aliphatic rings. The van der Waals surface area contributed by atoms with E-state index in [1.165, 1.54) is 39.4 Å². The van der Waals surface area contributed by atoms with Crippen LogP contribution < -0.4 is 10.6 Å². The molecule has 3 heterocycles. The molecule has 0 aliphatic heterocycles. The van der Waals surface area contributed by atoms with Gasteiger partial charge in [-0.15, -0.1) is 0 Å². The summed E-state index contributed by atoms with van der Waals surface area (Å²) in [5.74, 6) is 0. The van der Waals surface area contributed by atoms with E-state index >= 15 is 0 Å². The van der Waals surface area contributed by atoms with Gasteiger partial charge in [-0.05, 0) is 102 Å². The zero-order chi connectivity index (χ0) is 28.7. The Morgan fingerprint density at radius 3 is 2.12 bits per heavy atom. The highest BCUT2D eigenvalue weighted by Crippen LogP contribution is 2.34. The summed E-state index contributed by atoms with van der Waals surface area (Å²) in [6.07, 6.45) is 12.7. The van der Waals surface area contributed by atoms with E-state index in [2.05, 4.69) is 121 Å². The molecule has 0 fully saturated rings. The Hall–Kier alpha value is -5.22. The van der Waals surface area contributed by atoms with Gasteiger partial charge in [0.2, 0.25) is 0 Å². The van der Waals surface area contributed by atoms with E-state index in [1.807, 2.05) is 18.5 Å². The van der Waals surface area contributed by atoms with Crippen molar-refractivity contribution < 1.29 is 0 Å². The molecule has 3 aromatic carbocycles. The lowest BCUT2D eigenvalue weighted by atomic mass is 9.95. The van der Waals surface area contributed by atoms with Crippen LogP contribution in [0.25, 0.3) is 63.0 Å². The normalized spacial score (nSPS) is 12.1. The average Bonchev–Trinajstić information content (AvgIpc) is 3.44. The van der Waals surface area contributed by atoms with Gasteiger partial charge in [0.25, 0.3) is 0 Å². The number of aromatic nitrogens is 3. The fourth-order valence-electron chi connectivity index (χ4n) is 5.94. The van der Waals surface area contributed by atoms with Gasteiger partial charge in [0.15, 0.2) is 0 Å². The molecule has 0 saturated carbocycles. The van der Waals surface area contributed by atoms with Crippen LogP contribution in [0.1, 0.15) is 22.4 Å². The third-order valence-electron chi connectivity index (χ3n) is 7.96. The minimum Gasteiger partial charge on any atom is -0.310 e. The van der Waals surface area contributed by atoms with Gasteiger partial charge in [0.1, 0.15) is 0 Å². The van der Waals surface area contributed by atoms with Crippen LogP contribution in [0, 0.1) is 26.2 Å². The molecule has 0 radical (unpaired) electrons. The first-order chi connectivity index (χ1) is 19.9. The van der Waals surface area contributed by atoms with Gasteiger partial charge in [-0.1, -0.05) is 55.6 Å². The Morgan fingerprint density at radius 1 is 0.805 bits per heavy atom. The number of pyridine rings is 1. The summed E-state index contributed by atoms with van der Waals surface area (Å²) in [5, 5.41) is 11.9. The topological polar surface area (TPSA) is 46.6 Å². The Balaban J connectivity index is 1.47. The van der Waals surface area contributed by atoms with Crippen LogP contribution in [0.2, 0.25) is 0 Å². The molecule has 1 N–H and O–H groups in total. The van der Waals surface area contributed by atoms with Crippen LogP contribution in [0.15, 0.2) is 97.9 Å². The van der Waals surface area contributed by atoms with Crippen molar-refractivity contribution in [3.63, 3.8) is 0 Å². The summed E-state index contributed by atoms with van der Waals surface area (Å²) in [7, 11) is 0. The van der Waals surface area contributed by atoms with Crippen molar-refractivity contribution in [1.29, 1.82) is 5.41 Å². The molecule has 41 heavy (non-hydrogen) atoms. The first-order valence-electron chi connectivity index (χ1n) is 13.7. The van der Waals surface area contributed by atoms with Gasteiger partial charge in [-0.25, -0.2) is 0 Å². The molecular formula is C37H32N4. The number of hydrogen-bond acceptors (Lipinski definition) is 2. The molecule has 6 rings (SSSR count). The Bertz CT molecular complexity index is 2080. The largest absolute Gasteiger partial charge is 0.310 e. The van der Waals surface area contributed by atoms with Crippen molar-refractivity contribution in [3.8, 4) is 22.5 Å². The molecule has 0 aliphatic carbocycles. The van der Waals surface area contributed by atoms with Crippen LogP contribution in [-0.4, -0.2) is 20.3 Å². The molecule has 0 amide bonds. The van der Waals surface area contributed by atoms with Crippen LogP contribution in [0.5, 0.6) is 0 Å². The Labute approximate surface area is 240 Å². The van der Waals surface area contributed by atoms with Gasteiger partial charge in [-0.3, -0.25) is 4.98 Å². The monoisotopic (exact) mass is 532 g/mol. The summed E-state index contributed by atoms with van der Waals surface area (Å²) in [6.45, 7) is 14.5. The third-order valence-corrected chi connectivity index (χ3v) is 7.96. The maximum Gasteiger partial charge on any atom is 0.0571 e. The fraction of sp³-hybridized carbons (Fsp3) is 0.0811. The first-order valence-corrected chi connectivity index (χ1v) is 13.7. The number of nitrogens with zero attached hydrogens (tertiary/aromatic N) is 3. The standard InChI is InChI=1S/C37H32N4/c1-6-7-11-34-26(4)27(5)35(17-19-38)40(34)28-13-15-30(24(2)21-28)31-16-14-29(22-25(31)3)41-36-12-9-8-10-32(36)33-23-39-20-18-37(33)41/h6-23,38H,1,5H2,2-4H3/b11-7-,35-17+,38-19?. The van der Waals surface area contributed by atoms with E-state index in [0.29, 0.717) is 0 Å². The van der Waals surface area contributed by atoms with Crippen molar-refractivity contribution >= 4 is 46.8 Å². The lowest BCUT2D eigenvalue weighted by molar-refractivity contribution is 1.01. The van der Waals surface area contributed by atoms with Crippen molar-refractivity contribution in [2.45, 2.75) is 20.8 Å². The number of benzene rings is 3. The van der Waals surface area contributed by atoms with Crippen LogP contribution in [-0.2, 0) is 0 Å². The molecular weight excluding hydrogens is 500 g/mol. The molecule has 200 valence electrons. The third kappa shape index (κ3) is 4.25. The average molecular weight is 533 g/mol. The quantitative estimate of drug-likeness (QED) is 0.174. The second kappa shape index (κ2) is 10.4. The minimum absolute atomic E-state index is 0.912. The number of aryl methyl sites for hydroxylation is 2. The van der Waals surface area contributed by atoms with Gasteiger partial charge < -0.3 is 14.5 Å². The van der Waals surface area contributed by atoms with Crippen LogP contribution in [0.3, 0.4) is 0 Å². The van der Waals surface area contributed by atoms with Crippen LogP contribution >= 0.6 is 0 Å². The minimum atomic E-state index is 0.912. The van der Waals surface area contributed by atoms with Crippen molar-refractivity contribution in [1.82, 2.24) is 14.1 Å². The maximum absolute atomic E-state index is 7.72. The second-order valence-corrected chi connectivity index (χ2v) is 10.4. The molecule has 4 nitrogen and oxygen atoms in total. The number of para-hydroxylation sites is 1. The predicted molar refractivity (Wildman–Crippen MR) is 175 cm³/mol. The van der Waals surface area contributed by atoms with Crippen molar-refractivity contribution in [2.24, 2.45) is 0 Å². The highest BCUT2D eigenvalue weighted by Gasteiger charge is 2.15. The summed E-state index contributed by atoms with van der Waals surface area (Å²) in [6, 6.07) is 23.9. The van der Waals surface area contributed by atoms with Crippen molar-refractivity contribution in [2.75, 3.05) is 0 Å². The molecule has 0 atom stereocenters. The van der Waals surface area contributed by atoms with E-state index in [1.54, 1.807) is 12.2 Å². The molecule has 0 spiro atoms. The van der Waals surface area contributed by atoms with Gasteiger partial charge in [-0.2, -0.15) is 0 Å². The van der Waals surface area contributed by atoms with Gasteiger partial charge in [0.05, 0.1) is 16.4 Å². The molecule has 0 unspecified atom stereocenters. The lowest BCUT2D eigenvalue weighted by Crippen LogP contribution is -2.28. The van der Waals surface area contributed by atoms with E-state index in [9.17, 15) is 0 Å². The highest BCUT2D eigenvalue weighted by molar-refractivity contribution is 6.08. The SMILES string of the molecule is C=C/C=C\c1c(C)c(=C)/c(=C\C=N)n1-c1ccc(-c2ccc(-n3c4ccccc4c4cnccc43)cc2C)c(C)c1. The maximum atomic E-state index is 7.72. The predicted octanol–water partition coefficient (Wildman–Crippen LogP) is 7.60. The summed E-state index contributed by atoms with van der Waals surface area (Å²) < 4.78 is 4.50. The second-order valence-electron chi connectivity index (χ2n) is 10.4. The van der Waals surface area contributed by atoms with Gasteiger partial charge in [0, 0.05) is 46.4 Å². The van der Waals surface area contributed by atoms with E-state index < -0.39 is 0 Å². The molecule has 6 aromatic rings. The van der Waals surface area contributed by atoms with Gasteiger partial charge >= 0.3 is 0 Å². The summed E-state index contributed by atoms with van der Waals surface area (Å²) in [5.41, 5.74) is 11.4. The molecule has 3 aromatic heterocycles. The number of fused-ring (bicyclic) bond motifs is 3. The molecule has 0 bridgehead atoms. The fourth-order valence-corrected chi connectivity index (χ4v) is 5.94. The number of hydrogen-bond donors (Lipinski definition) is 1. The molecule has 0 saturated heterocycles. The van der Waals surface area contributed by atoms with E-state index in [-0.39, 0.29) is 0 Å². The summed E-state index contributed by atoms with van der Waals surface area (Å²) in [4.78, 5) is 4.38. The number of nitrogens with one attached hydrogen (secondary N) is 1. The first kappa shape index (κ1) is 26.0. The smallest absolute Gasteiger partial charge is 0.0571 e. The molecule has 4 heteroatoms. The summed E-state index contributed by atoms with van der Waals surface area (Å²) >= 11 is 0. The highest BCUT2D eigenvalue weighted by atomic mass is 15.0. The Kier molecular flexibility index (Phi) is 6.60. The number of rotatable bonds is 6. The van der Waals surface area contributed by atoms with Crippen LogP contribution in [0.4, 0.5) is 0 Å². The van der Waals surface area contributed by atoms with E-state index in [0.717, 1.165) is 44.1 Å². The number of allylic oxidation sites excluding steroid dienone is 2. The Morgan fingerprint density at radius 2 is 1.46 bits per heavy atom. The zero-order valence-corrected chi connectivity index (χ0v) is 23.6. The zero-order valence-electron chi connectivity index (χ0n) is 23.6. The van der Waals surface area contributed by atoms with E-state index in [4.69, 9.17) is 5.41 Å². The van der Waals surface area contributed by atoms with Crippen molar-refractivity contribution in [3.05, 3.63) is 131 Å². The lowest BCUT2D eigenvalue weighted by Gasteiger charge is -2.16.